The number of urea groups is 1. The van der Waals surface area contributed by atoms with Gasteiger partial charge in [-0.15, -0.1) is 0 Å². The number of carbonyl (C=O) groups excluding carboxylic acids is 1. The van der Waals surface area contributed by atoms with Crippen molar-refractivity contribution in [2.75, 3.05) is 5.32 Å². The third-order valence-corrected chi connectivity index (χ3v) is 3.36. The number of phenolic OH excluding ortho intramolecular Hbond substituents is 1. The fraction of sp³-hybridized carbons (Fsp3) is 0.154. The summed E-state index contributed by atoms with van der Waals surface area (Å²) < 4.78 is 1.16. The van der Waals surface area contributed by atoms with E-state index in [1.54, 1.807) is 12.1 Å². The summed E-state index contributed by atoms with van der Waals surface area (Å²) in [5.74, 6) is 0.156. The lowest BCUT2D eigenvalue weighted by Crippen LogP contribution is -2.46. The molecule has 1 aromatic carbocycles. The quantitative estimate of drug-likeness (QED) is 0.591. The van der Waals surface area contributed by atoms with Crippen LogP contribution in [0.25, 0.3) is 0 Å². The van der Waals surface area contributed by atoms with Crippen molar-refractivity contribution >= 4 is 11.8 Å². The van der Waals surface area contributed by atoms with Gasteiger partial charge in [-0.2, -0.15) is 0 Å². The molecular formula is C13H12N4O4. The van der Waals surface area contributed by atoms with Crippen molar-refractivity contribution in [3.63, 3.8) is 0 Å². The van der Waals surface area contributed by atoms with Crippen LogP contribution in [0.2, 0.25) is 0 Å². The van der Waals surface area contributed by atoms with Crippen LogP contribution >= 0.6 is 0 Å². The summed E-state index contributed by atoms with van der Waals surface area (Å²) in [6, 6.07) is 4.93. The number of carbonyl (C=O) groups is 1. The smallest absolute Gasteiger partial charge is 0.329 e. The summed E-state index contributed by atoms with van der Waals surface area (Å²) in [6.45, 7) is 0. The van der Waals surface area contributed by atoms with Crippen molar-refractivity contribution in [3.05, 3.63) is 56.2 Å². The minimum Gasteiger partial charge on any atom is -0.508 e. The topological polar surface area (TPSA) is 116 Å². The van der Waals surface area contributed by atoms with E-state index in [0.717, 1.165) is 4.57 Å². The Kier molecular flexibility index (Phi) is 2.79. The van der Waals surface area contributed by atoms with E-state index in [4.69, 9.17) is 0 Å². The number of nitrogens with one attached hydrogen (secondary N) is 3. The second-order valence-corrected chi connectivity index (χ2v) is 4.71. The standard InChI is InChI=1S/C13H12N4O4/c1-17-10-8(11(19)16-13(17)21)9(14-12(20)15-10)6-3-2-4-7(18)5-6/h2-5,9,18H,1H3,(H2,14,15,20)(H,16,19,21)/t9-/m1/s1. The molecule has 0 radical (unpaired) electrons. The van der Waals surface area contributed by atoms with Gasteiger partial charge in [-0.3, -0.25) is 19.7 Å². The molecule has 0 fully saturated rings. The Morgan fingerprint density at radius 3 is 2.71 bits per heavy atom. The first-order chi connectivity index (χ1) is 9.97. The molecule has 2 heterocycles. The van der Waals surface area contributed by atoms with Crippen molar-refractivity contribution in [2.45, 2.75) is 6.04 Å². The highest BCUT2D eigenvalue weighted by molar-refractivity contribution is 5.92. The lowest BCUT2D eigenvalue weighted by Gasteiger charge is -2.27. The number of aromatic hydroxyl groups is 1. The summed E-state index contributed by atoms with van der Waals surface area (Å²) in [6.07, 6.45) is 0. The average molecular weight is 288 g/mol. The zero-order chi connectivity index (χ0) is 15.1. The van der Waals surface area contributed by atoms with E-state index in [2.05, 4.69) is 15.6 Å². The van der Waals surface area contributed by atoms with E-state index in [1.807, 2.05) is 0 Å². The van der Waals surface area contributed by atoms with Crippen LogP contribution in [0.4, 0.5) is 10.6 Å². The third kappa shape index (κ3) is 2.06. The first-order valence-corrected chi connectivity index (χ1v) is 6.17. The molecule has 3 rings (SSSR count). The maximum absolute atomic E-state index is 12.1. The fourth-order valence-corrected chi connectivity index (χ4v) is 2.36. The van der Waals surface area contributed by atoms with E-state index in [0.29, 0.717) is 5.56 Å². The zero-order valence-electron chi connectivity index (χ0n) is 11.0. The predicted molar refractivity (Wildman–Crippen MR) is 74.4 cm³/mol. The Morgan fingerprint density at radius 1 is 1.24 bits per heavy atom. The highest BCUT2D eigenvalue weighted by Crippen LogP contribution is 2.29. The second kappa shape index (κ2) is 4.51. The number of aromatic amines is 1. The van der Waals surface area contributed by atoms with Gasteiger partial charge < -0.3 is 10.4 Å². The van der Waals surface area contributed by atoms with Crippen LogP contribution < -0.4 is 21.9 Å². The van der Waals surface area contributed by atoms with Gasteiger partial charge in [-0.1, -0.05) is 12.1 Å². The predicted octanol–water partition coefficient (Wildman–Crippen LogP) is 0.00370. The number of fused-ring (bicyclic) bond motifs is 1. The first-order valence-electron chi connectivity index (χ1n) is 6.17. The van der Waals surface area contributed by atoms with Crippen molar-refractivity contribution in [3.8, 4) is 5.75 Å². The molecular weight excluding hydrogens is 276 g/mol. The number of aromatic nitrogens is 2. The van der Waals surface area contributed by atoms with Gasteiger partial charge in [0.05, 0.1) is 11.6 Å². The molecule has 0 saturated heterocycles. The van der Waals surface area contributed by atoms with E-state index in [9.17, 15) is 19.5 Å². The maximum atomic E-state index is 12.1. The number of anilines is 1. The molecule has 0 saturated carbocycles. The van der Waals surface area contributed by atoms with Gasteiger partial charge in [0.25, 0.3) is 5.56 Å². The lowest BCUT2D eigenvalue weighted by molar-refractivity contribution is 0.248. The van der Waals surface area contributed by atoms with Crippen molar-refractivity contribution in [1.29, 1.82) is 0 Å². The van der Waals surface area contributed by atoms with Gasteiger partial charge >= 0.3 is 11.7 Å². The summed E-state index contributed by atoms with van der Waals surface area (Å²) in [4.78, 5) is 37.7. The van der Waals surface area contributed by atoms with Crippen molar-refractivity contribution in [2.24, 2.45) is 7.05 Å². The monoisotopic (exact) mass is 288 g/mol. The fourth-order valence-electron chi connectivity index (χ4n) is 2.36. The van der Waals surface area contributed by atoms with Crippen LogP contribution in [-0.4, -0.2) is 20.7 Å². The molecule has 8 heteroatoms. The van der Waals surface area contributed by atoms with E-state index >= 15 is 0 Å². The van der Waals surface area contributed by atoms with Crippen LogP contribution in [0.1, 0.15) is 17.2 Å². The lowest BCUT2D eigenvalue weighted by atomic mass is 9.98. The molecule has 1 atom stereocenters. The van der Waals surface area contributed by atoms with Crippen molar-refractivity contribution in [1.82, 2.24) is 14.9 Å². The number of H-pyrrole nitrogens is 1. The van der Waals surface area contributed by atoms with E-state index in [-0.39, 0.29) is 17.1 Å². The average Bonchev–Trinajstić information content (AvgIpc) is 2.44. The van der Waals surface area contributed by atoms with Gasteiger partial charge in [-0.05, 0) is 17.7 Å². The Balaban J connectivity index is 2.28. The summed E-state index contributed by atoms with van der Waals surface area (Å²) in [7, 11) is 1.45. The second-order valence-electron chi connectivity index (χ2n) is 4.71. The van der Waals surface area contributed by atoms with Gasteiger partial charge in [0.1, 0.15) is 11.6 Å². The normalized spacial score (nSPS) is 16.8. The number of rotatable bonds is 1. The number of hydrogen-bond donors (Lipinski definition) is 4. The molecule has 0 spiro atoms. The van der Waals surface area contributed by atoms with Gasteiger partial charge in [0, 0.05) is 7.05 Å². The Bertz CT molecular complexity index is 852. The molecule has 1 aromatic heterocycles. The van der Waals surface area contributed by atoms with Gasteiger partial charge in [-0.25, -0.2) is 9.59 Å². The minimum absolute atomic E-state index is 0.0167. The Hall–Kier alpha value is -3.03. The number of nitrogens with zero attached hydrogens (tertiary/aromatic N) is 1. The van der Waals surface area contributed by atoms with Gasteiger partial charge in [0.15, 0.2) is 0 Å². The molecule has 21 heavy (non-hydrogen) atoms. The number of hydrogen-bond acceptors (Lipinski definition) is 4. The zero-order valence-corrected chi connectivity index (χ0v) is 11.0. The van der Waals surface area contributed by atoms with Gasteiger partial charge in [0.2, 0.25) is 0 Å². The summed E-state index contributed by atoms with van der Waals surface area (Å²) in [5, 5.41) is 14.6. The number of amides is 2. The summed E-state index contributed by atoms with van der Waals surface area (Å²) >= 11 is 0. The van der Waals surface area contributed by atoms with Crippen LogP contribution in [0.15, 0.2) is 33.9 Å². The highest BCUT2D eigenvalue weighted by Gasteiger charge is 2.30. The number of benzene rings is 1. The highest BCUT2D eigenvalue weighted by atomic mass is 16.3. The molecule has 2 aromatic rings. The molecule has 1 aliphatic rings. The Morgan fingerprint density at radius 2 is 2.00 bits per heavy atom. The summed E-state index contributed by atoms with van der Waals surface area (Å²) in [5.41, 5.74) is -0.456. The molecule has 0 aliphatic carbocycles. The molecule has 108 valence electrons. The number of phenols is 1. The van der Waals surface area contributed by atoms with E-state index in [1.165, 1.54) is 19.2 Å². The molecule has 0 bridgehead atoms. The largest absolute Gasteiger partial charge is 0.508 e. The van der Waals surface area contributed by atoms with Crippen LogP contribution in [0.5, 0.6) is 5.75 Å². The molecule has 2 amide bonds. The molecule has 8 nitrogen and oxygen atoms in total. The Labute approximate surface area is 118 Å². The van der Waals surface area contributed by atoms with E-state index < -0.39 is 23.3 Å². The SMILES string of the molecule is Cn1c2c(c(=O)[nH]c1=O)[C@@H](c1cccc(O)c1)NC(=O)N2. The van der Waals surface area contributed by atoms with Crippen molar-refractivity contribution < 1.29 is 9.90 Å². The molecule has 4 N–H and O–H groups in total. The van der Waals surface area contributed by atoms with Crippen LogP contribution in [0, 0.1) is 0 Å². The maximum Gasteiger partial charge on any atom is 0.329 e. The van der Waals surface area contributed by atoms with Crippen LogP contribution in [0.3, 0.4) is 0 Å². The molecule has 0 unspecified atom stereocenters. The van der Waals surface area contributed by atoms with Crippen LogP contribution in [-0.2, 0) is 7.05 Å². The third-order valence-electron chi connectivity index (χ3n) is 3.36. The molecule has 1 aliphatic heterocycles. The first kappa shape index (κ1) is 13.0. The minimum atomic E-state index is -0.753.